The number of aromatic amines is 1. The standard InChI is InChI=1S/C8H12N4O2/c9-6-7(10-4-11-8(6)14)12-2-1-5(13)3-12/h4-5,13H,1-3,9H2,(H,10,11,14)/t5-/m1/s1. The minimum atomic E-state index is -0.351. The molecule has 1 atom stereocenters. The van der Waals surface area contributed by atoms with Gasteiger partial charge in [-0.1, -0.05) is 0 Å². The largest absolute Gasteiger partial charge is 0.391 e. The number of H-pyrrole nitrogens is 1. The summed E-state index contributed by atoms with van der Waals surface area (Å²) in [6.07, 6.45) is 1.66. The fourth-order valence-electron chi connectivity index (χ4n) is 1.59. The van der Waals surface area contributed by atoms with Gasteiger partial charge in [0.05, 0.1) is 12.4 Å². The van der Waals surface area contributed by atoms with E-state index in [1.54, 1.807) is 0 Å². The van der Waals surface area contributed by atoms with Gasteiger partial charge in [-0.25, -0.2) is 4.98 Å². The van der Waals surface area contributed by atoms with E-state index in [4.69, 9.17) is 5.73 Å². The minimum absolute atomic E-state index is 0.113. The Balaban J connectivity index is 2.33. The van der Waals surface area contributed by atoms with Gasteiger partial charge < -0.3 is 20.7 Å². The van der Waals surface area contributed by atoms with Gasteiger partial charge in [-0.05, 0) is 6.42 Å². The highest BCUT2D eigenvalue weighted by atomic mass is 16.3. The number of nitrogens with one attached hydrogen (secondary N) is 1. The van der Waals surface area contributed by atoms with E-state index in [2.05, 4.69) is 9.97 Å². The van der Waals surface area contributed by atoms with Crippen LogP contribution in [0.15, 0.2) is 11.1 Å². The minimum Gasteiger partial charge on any atom is -0.391 e. The number of nitrogens with zero attached hydrogens (tertiary/aromatic N) is 2. The van der Waals surface area contributed by atoms with Crippen LogP contribution in [-0.4, -0.2) is 34.3 Å². The van der Waals surface area contributed by atoms with Crippen molar-refractivity contribution < 1.29 is 5.11 Å². The van der Waals surface area contributed by atoms with E-state index in [0.29, 0.717) is 25.3 Å². The first kappa shape index (κ1) is 9.01. The number of β-amino-alcohol motifs (C(OH)–C–C–N with tert-alkyl or cyclic N) is 1. The van der Waals surface area contributed by atoms with Gasteiger partial charge in [-0.2, -0.15) is 0 Å². The SMILES string of the molecule is Nc1c(N2CC[C@@H](O)C2)nc[nH]c1=O. The number of aromatic nitrogens is 2. The lowest BCUT2D eigenvalue weighted by Gasteiger charge is -2.17. The second-order valence-corrected chi connectivity index (χ2v) is 3.36. The van der Waals surface area contributed by atoms with Crippen molar-refractivity contribution >= 4 is 11.5 Å². The Morgan fingerprint density at radius 1 is 1.71 bits per heavy atom. The molecular weight excluding hydrogens is 184 g/mol. The smallest absolute Gasteiger partial charge is 0.276 e. The van der Waals surface area contributed by atoms with Crippen molar-refractivity contribution in [3.05, 3.63) is 16.7 Å². The van der Waals surface area contributed by atoms with Crippen LogP contribution >= 0.6 is 0 Å². The molecule has 0 saturated carbocycles. The summed E-state index contributed by atoms with van der Waals surface area (Å²) in [5, 5.41) is 9.32. The van der Waals surface area contributed by atoms with E-state index in [1.165, 1.54) is 6.33 Å². The van der Waals surface area contributed by atoms with Crippen LogP contribution in [0, 0.1) is 0 Å². The van der Waals surface area contributed by atoms with Crippen LogP contribution in [0.5, 0.6) is 0 Å². The summed E-state index contributed by atoms with van der Waals surface area (Å²) in [4.78, 5) is 19.4. The van der Waals surface area contributed by atoms with E-state index in [1.807, 2.05) is 4.90 Å². The molecule has 14 heavy (non-hydrogen) atoms. The zero-order chi connectivity index (χ0) is 10.1. The highest BCUT2D eigenvalue weighted by Gasteiger charge is 2.23. The van der Waals surface area contributed by atoms with E-state index < -0.39 is 0 Å². The number of hydrogen-bond acceptors (Lipinski definition) is 5. The number of hydrogen-bond donors (Lipinski definition) is 3. The van der Waals surface area contributed by atoms with Crippen LogP contribution < -0.4 is 16.2 Å². The molecule has 0 amide bonds. The van der Waals surface area contributed by atoms with Crippen LogP contribution in [-0.2, 0) is 0 Å². The molecule has 2 rings (SSSR count). The number of nitrogen functional groups attached to an aromatic ring is 1. The van der Waals surface area contributed by atoms with E-state index in [0.717, 1.165) is 0 Å². The summed E-state index contributed by atoms with van der Waals surface area (Å²) in [7, 11) is 0. The summed E-state index contributed by atoms with van der Waals surface area (Å²) in [6, 6.07) is 0. The number of aliphatic hydroxyl groups excluding tert-OH is 1. The first-order chi connectivity index (χ1) is 6.68. The van der Waals surface area contributed by atoms with Crippen molar-refractivity contribution in [1.82, 2.24) is 9.97 Å². The van der Waals surface area contributed by atoms with E-state index in [-0.39, 0.29) is 17.4 Å². The van der Waals surface area contributed by atoms with Crippen molar-refractivity contribution in [2.24, 2.45) is 0 Å². The number of aliphatic hydroxyl groups is 1. The highest BCUT2D eigenvalue weighted by Crippen LogP contribution is 2.20. The first-order valence-electron chi connectivity index (χ1n) is 4.44. The molecule has 0 aliphatic carbocycles. The van der Waals surface area contributed by atoms with Crippen molar-refractivity contribution in [2.45, 2.75) is 12.5 Å². The lowest BCUT2D eigenvalue weighted by Crippen LogP contribution is -2.26. The Morgan fingerprint density at radius 2 is 2.50 bits per heavy atom. The molecule has 76 valence electrons. The van der Waals surface area contributed by atoms with Gasteiger partial charge in [0.25, 0.3) is 5.56 Å². The third kappa shape index (κ3) is 1.44. The average molecular weight is 196 g/mol. The number of anilines is 2. The van der Waals surface area contributed by atoms with Crippen LogP contribution in [0.4, 0.5) is 11.5 Å². The molecule has 1 aliphatic rings. The first-order valence-corrected chi connectivity index (χ1v) is 4.44. The fourth-order valence-corrected chi connectivity index (χ4v) is 1.59. The topological polar surface area (TPSA) is 95.2 Å². The van der Waals surface area contributed by atoms with Gasteiger partial charge in [-0.15, -0.1) is 0 Å². The summed E-state index contributed by atoms with van der Waals surface area (Å²) < 4.78 is 0. The molecule has 1 aromatic rings. The summed E-state index contributed by atoms with van der Waals surface area (Å²) in [5.41, 5.74) is 5.35. The van der Waals surface area contributed by atoms with Crippen molar-refractivity contribution in [3.8, 4) is 0 Å². The van der Waals surface area contributed by atoms with Gasteiger partial charge >= 0.3 is 0 Å². The monoisotopic (exact) mass is 196 g/mol. The lowest BCUT2D eigenvalue weighted by molar-refractivity contribution is 0.198. The van der Waals surface area contributed by atoms with E-state index in [9.17, 15) is 9.90 Å². The van der Waals surface area contributed by atoms with Gasteiger partial charge in [0.2, 0.25) is 0 Å². The van der Waals surface area contributed by atoms with Gasteiger partial charge in [0, 0.05) is 13.1 Å². The molecule has 0 radical (unpaired) electrons. The molecule has 1 saturated heterocycles. The maximum Gasteiger partial charge on any atom is 0.276 e. The van der Waals surface area contributed by atoms with Crippen molar-refractivity contribution in [3.63, 3.8) is 0 Å². The predicted molar refractivity (Wildman–Crippen MR) is 52.1 cm³/mol. The maximum atomic E-state index is 11.2. The van der Waals surface area contributed by atoms with Crippen molar-refractivity contribution in [1.29, 1.82) is 0 Å². The third-order valence-corrected chi connectivity index (χ3v) is 2.33. The molecule has 0 unspecified atom stereocenters. The zero-order valence-corrected chi connectivity index (χ0v) is 7.60. The van der Waals surface area contributed by atoms with Gasteiger partial charge in [-0.3, -0.25) is 4.79 Å². The Labute approximate surface area is 80.4 Å². The maximum absolute atomic E-state index is 11.2. The lowest BCUT2D eigenvalue weighted by atomic mass is 10.3. The summed E-state index contributed by atoms with van der Waals surface area (Å²) in [5.74, 6) is 0.463. The molecule has 6 nitrogen and oxygen atoms in total. The van der Waals surface area contributed by atoms with Gasteiger partial charge in [0.15, 0.2) is 5.82 Å². The summed E-state index contributed by atoms with van der Waals surface area (Å²) >= 11 is 0. The Bertz CT molecular complexity index is 389. The van der Waals surface area contributed by atoms with Crippen molar-refractivity contribution in [2.75, 3.05) is 23.7 Å². The fraction of sp³-hybridized carbons (Fsp3) is 0.500. The predicted octanol–water partition coefficient (Wildman–Crippen LogP) is -1.08. The number of rotatable bonds is 1. The second-order valence-electron chi connectivity index (χ2n) is 3.36. The molecule has 2 heterocycles. The second kappa shape index (κ2) is 3.30. The molecule has 0 spiro atoms. The average Bonchev–Trinajstić information content (AvgIpc) is 2.57. The Morgan fingerprint density at radius 3 is 3.14 bits per heavy atom. The van der Waals surface area contributed by atoms with Crippen LogP contribution in [0.1, 0.15) is 6.42 Å². The third-order valence-electron chi connectivity index (χ3n) is 2.33. The molecule has 4 N–H and O–H groups in total. The van der Waals surface area contributed by atoms with Crippen LogP contribution in [0.3, 0.4) is 0 Å². The Kier molecular flexibility index (Phi) is 2.12. The molecule has 0 bridgehead atoms. The zero-order valence-electron chi connectivity index (χ0n) is 7.60. The Hall–Kier alpha value is -1.56. The number of nitrogens with two attached hydrogens (primary N) is 1. The molecule has 0 aromatic carbocycles. The normalized spacial score (nSPS) is 21.5. The van der Waals surface area contributed by atoms with E-state index >= 15 is 0 Å². The van der Waals surface area contributed by atoms with Crippen LogP contribution in [0.2, 0.25) is 0 Å². The molecule has 6 heteroatoms. The highest BCUT2D eigenvalue weighted by molar-refractivity contribution is 5.61. The van der Waals surface area contributed by atoms with Crippen LogP contribution in [0.25, 0.3) is 0 Å². The molecule has 1 aromatic heterocycles. The quantitative estimate of drug-likeness (QED) is 0.531. The molecule has 1 aliphatic heterocycles. The molecular formula is C8H12N4O2. The summed E-state index contributed by atoms with van der Waals surface area (Å²) in [6.45, 7) is 1.17. The van der Waals surface area contributed by atoms with Gasteiger partial charge in [0.1, 0.15) is 5.69 Å². The molecule has 1 fully saturated rings.